The van der Waals surface area contributed by atoms with Gasteiger partial charge in [0.05, 0.1) is 46.5 Å². The molecule has 1 unspecified atom stereocenters. The highest BCUT2D eigenvalue weighted by molar-refractivity contribution is 5.93. The lowest BCUT2D eigenvalue weighted by atomic mass is 10.1. The van der Waals surface area contributed by atoms with Crippen LogP contribution >= 0.6 is 0 Å². The number of rotatable bonds is 14. The number of anilines is 1. The zero-order valence-corrected chi connectivity index (χ0v) is 26.8. The fourth-order valence-corrected chi connectivity index (χ4v) is 6.06. The van der Waals surface area contributed by atoms with Gasteiger partial charge in [0.25, 0.3) is 0 Å². The summed E-state index contributed by atoms with van der Waals surface area (Å²) < 4.78 is 23.2. The van der Waals surface area contributed by atoms with Gasteiger partial charge in [0.15, 0.2) is 11.5 Å². The highest BCUT2D eigenvalue weighted by Crippen LogP contribution is 2.36. The Balaban J connectivity index is 1.21. The zero-order chi connectivity index (χ0) is 31.1. The number of urea groups is 1. The molecule has 0 aromatic heterocycles. The van der Waals surface area contributed by atoms with Crippen LogP contribution in [0, 0.1) is 5.92 Å². The second-order valence-electron chi connectivity index (χ2n) is 12.4. The maximum Gasteiger partial charge on any atom is 0.324 e. The van der Waals surface area contributed by atoms with Gasteiger partial charge in [-0.05, 0) is 63.0 Å². The van der Waals surface area contributed by atoms with Crippen molar-refractivity contribution in [3.63, 3.8) is 0 Å². The number of ether oxygens (including phenoxy) is 4. The summed E-state index contributed by atoms with van der Waals surface area (Å²) in [7, 11) is 7.29. The second kappa shape index (κ2) is 15.0. The van der Waals surface area contributed by atoms with Gasteiger partial charge in [-0.3, -0.25) is 9.69 Å². The van der Waals surface area contributed by atoms with E-state index in [9.17, 15) is 9.59 Å². The van der Waals surface area contributed by atoms with Crippen molar-refractivity contribution in [1.82, 2.24) is 14.7 Å². The molecule has 0 N–H and O–H groups in total. The van der Waals surface area contributed by atoms with Crippen molar-refractivity contribution in [3.8, 4) is 17.2 Å². The van der Waals surface area contributed by atoms with Gasteiger partial charge in [0, 0.05) is 50.0 Å². The quantitative estimate of drug-likeness (QED) is 0.294. The van der Waals surface area contributed by atoms with Crippen LogP contribution in [0.15, 0.2) is 36.4 Å². The van der Waals surface area contributed by atoms with Crippen LogP contribution in [0.3, 0.4) is 0 Å². The molecule has 3 amide bonds. The highest BCUT2D eigenvalue weighted by Gasteiger charge is 2.29. The highest BCUT2D eigenvalue weighted by atomic mass is 16.5. The number of morpholine rings is 1. The van der Waals surface area contributed by atoms with Crippen molar-refractivity contribution >= 4 is 17.6 Å². The Hall–Kier alpha value is -3.50. The van der Waals surface area contributed by atoms with Gasteiger partial charge >= 0.3 is 6.03 Å². The molecule has 240 valence electrons. The predicted octanol–water partition coefficient (Wildman–Crippen LogP) is 4.44. The average Bonchev–Trinajstić information content (AvgIpc) is 3.85. The summed E-state index contributed by atoms with van der Waals surface area (Å²) in [6, 6.07) is 11.5. The first-order chi connectivity index (χ1) is 21.3. The number of benzene rings is 2. The maximum absolute atomic E-state index is 13.7. The van der Waals surface area contributed by atoms with Gasteiger partial charge in [-0.1, -0.05) is 25.0 Å². The molecular formula is C34H48N4O6. The van der Waals surface area contributed by atoms with E-state index in [0.29, 0.717) is 69.6 Å². The molecule has 44 heavy (non-hydrogen) atoms. The molecular weight excluding hydrogens is 560 g/mol. The molecule has 1 aliphatic carbocycles. The summed E-state index contributed by atoms with van der Waals surface area (Å²) in [6.45, 7) is 4.90. The minimum absolute atomic E-state index is 0.0234. The van der Waals surface area contributed by atoms with Crippen LogP contribution in [0.4, 0.5) is 10.5 Å². The molecule has 0 spiro atoms. The van der Waals surface area contributed by atoms with Crippen molar-refractivity contribution < 1.29 is 28.5 Å². The molecule has 10 nitrogen and oxygen atoms in total. The fourth-order valence-electron chi connectivity index (χ4n) is 6.06. The molecule has 2 heterocycles. The first-order valence-corrected chi connectivity index (χ1v) is 15.9. The van der Waals surface area contributed by atoms with E-state index in [4.69, 9.17) is 18.9 Å². The van der Waals surface area contributed by atoms with Crippen LogP contribution < -0.4 is 19.1 Å². The second-order valence-corrected chi connectivity index (χ2v) is 12.4. The average molecular weight is 609 g/mol. The molecule has 2 saturated heterocycles. The Morgan fingerprint density at radius 1 is 1.00 bits per heavy atom. The molecule has 0 radical (unpaired) electrons. The molecule has 5 rings (SSSR count). The molecule has 3 fully saturated rings. The van der Waals surface area contributed by atoms with Crippen molar-refractivity contribution in [2.24, 2.45) is 5.92 Å². The topological polar surface area (TPSA) is 84.0 Å². The summed E-state index contributed by atoms with van der Waals surface area (Å²) in [4.78, 5) is 34.4. The van der Waals surface area contributed by atoms with Crippen LogP contribution in [0.2, 0.25) is 0 Å². The lowest BCUT2D eigenvalue weighted by Crippen LogP contribution is -2.49. The molecule has 1 atom stereocenters. The lowest BCUT2D eigenvalue weighted by molar-refractivity contribution is -0.138. The van der Waals surface area contributed by atoms with Gasteiger partial charge in [0.2, 0.25) is 5.91 Å². The van der Waals surface area contributed by atoms with E-state index >= 15 is 0 Å². The van der Waals surface area contributed by atoms with Crippen molar-refractivity contribution in [1.29, 1.82) is 0 Å². The molecule has 2 aliphatic heterocycles. The Labute approximate surface area is 261 Å². The van der Waals surface area contributed by atoms with Gasteiger partial charge in [0.1, 0.15) is 5.75 Å². The number of likely N-dealkylation sites (N-methyl/N-ethyl adjacent to an activating group) is 1. The van der Waals surface area contributed by atoms with Gasteiger partial charge in [-0.2, -0.15) is 0 Å². The van der Waals surface area contributed by atoms with Crippen LogP contribution in [-0.4, -0.2) is 107 Å². The number of carbonyl (C=O) groups is 2. The number of hydrogen-bond donors (Lipinski definition) is 0. The van der Waals surface area contributed by atoms with Crippen LogP contribution in [0.5, 0.6) is 17.2 Å². The number of hydrogen-bond acceptors (Lipinski definition) is 7. The van der Waals surface area contributed by atoms with E-state index in [-0.39, 0.29) is 18.0 Å². The van der Waals surface area contributed by atoms with Crippen LogP contribution in [0.25, 0.3) is 0 Å². The summed E-state index contributed by atoms with van der Waals surface area (Å²) in [5, 5.41) is 0. The lowest BCUT2D eigenvalue weighted by Gasteiger charge is -2.36. The van der Waals surface area contributed by atoms with Crippen molar-refractivity contribution in [2.75, 3.05) is 79.2 Å². The van der Waals surface area contributed by atoms with E-state index in [0.717, 1.165) is 42.1 Å². The van der Waals surface area contributed by atoms with Crippen molar-refractivity contribution in [3.05, 3.63) is 47.5 Å². The normalized spacial score (nSPS) is 19.0. The van der Waals surface area contributed by atoms with Crippen LogP contribution in [-0.2, 0) is 22.5 Å². The largest absolute Gasteiger partial charge is 0.496 e. The predicted molar refractivity (Wildman–Crippen MR) is 170 cm³/mol. The molecule has 2 aromatic rings. The van der Waals surface area contributed by atoms with E-state index in [2.05, 4.69) is 4.90 Å². The summed E-state index contributed by atoms with van der Waals surface area (Å²) in [5.74, 6) is 2.98. The Kier molecular flexibility index (Phi) is 10.9. The summed E-state index contributed by atoms with van der Waals surface area (Å²) >= 11 is 0. The third-order valence-electron chi connectivity index (χ3n) is 8.61. The number of nitrogens with zero attached hydrogens (tertiary/aromatic N) is 4. The third kappa shape index (κ3) is 8.35. The summed E-state index contributed by atoms with van der Waals surface area (Å²) in [5.41, 5.74) is 2.60. The minimum atomic E-state index is -0.0537. The van der Waals surface area contributed by atoms with E-state index < -0.39 is 0 Å². The SMILES string of the molecule is COc1cc(CC(=O)N2CCOC(CN(C)C)C2)ccc1CN1CCCN(c2ccc(OC)c(OCCCC3CC3)c2)C1=O. The molecule has 1 saturated carbocycles. The first kappa shape index (κ1) is 31.9. The molecule has 3 aliphatic rings. The number of amides is 3. The third-order valence-corrected chi connectivity index (χ3v) is 8.61. The van der Waals surface area contributed by atoms with Crippen LogP contribution in [0.1, 0.15) is 43.2 Å². The van der Waals surface area contributed by atoms with E-state index in [1.165, 1.54) is 19.3 Å². The molecule has 2 aromatic carbocycles. The van der Waals surface area contributed by atoms with Gasteiger partial charge in [-0.25, -0.2) is 4.79 Å². The standard InChI is InChI=1S/C34H48N4O6/c1-35(2)23-29-24-36(16-18-43-29)33(39)20-26-10-11-27(31(19-26)42-4)22-37-14-6-15-38(34(37)40)28-12-13-30(41-3)32(21-28)44-17-5-7-25-8-9-25/h10-13,19,21,25,29H,5-9,14-18,20,22-24H2,1-4H3. The van der Waals surface area contributed by atoms with E-state index in [1.807, 2.05) is 65.2 Å². The van der Waals surface area contributed by atoms with Gasteiger partial charge in [-0.15, -0.1) is 0 Å². The number of methoxy groups -OCH3 is 2. The fraction of sp³-hybridized carbons (Fsp3) is 0.588. The molecule has 10 heteroatoms. The van der Waals surface area contributed by atoms with E-state index in [1.54, 1.807) is 14.2 Å². The number of carbonyl (C=O) groups excluding carboxylic acids is 2. The maximum atomic E-state index is 13.7. The Morgan fingerprint density at radius 2 is 1.82 bits per heavy atom. The monoisotopic (exact) mass is 608 g/mol. The summed E-state index contributed by atoms with van der Waals surface area (Å²) in [6.07, 6.45) is 6.07. The molecule has 0 bridgehead atoms. The minimum Gasteiger partial charge on any atom is -0.496 e. The first-order valence-electron chi connectivity index (χ1n) is 15.9. The smallest absolute Gasteiger partial charge is 0.324 e. The Morgan fingerprint density at radius 3 is 2.57 bits per heavy atom. The van der Waals surface area contributed by atoms with Crippen molar-refractivity contribution in [2.45, 2.75) is 51.2 Å². The Bertz CT molecular complexity index is 1280. The van der Waals surface area contributed by atoms with Gasteiger partial charge < -0.3 is 33.6 Å². The zero-order valence-electron chi connectivity index (χ0n) is 26.8.